The van der Waals surface area contributed by atoms with Crippen LogP contribution in [0, 0.1) is 19.7 Å². The van der Waals surface area contributed by atoms with E-state index in [9.17, 15) is 22.0 Å². The van der Waals surface area contributed by atoms with Crippen molar-refractivity contribution in [3.63, 3.8) is 0 Å². The highest BCUT2D eigenvalue weighted by molar-refractivity contribution is 7.15. The van der Waals surface area contributed by atoms with Crippen molar-refractivity contribution in [3.8, 4) is 0 Å². The fourth-order valence-electron chi connectivity index (χ4n) is 3.66. The molecule has 4 rings (SSSR count). The van der Waals surface area contributed by atoms with Gasteiger partial charge in [-0.3, -0.25) is 4.98 Å². The molecule has 10 heteroatoms. The summed E-state index contributed by atoms with van der Waals surface area (Å²) in [5, 5.41) is 1.09. The first-order valence-electron chi connectivity index (χ1n) is 11.2. The summed E-state index contributed by atoms with van der Waals surface area (Å²) in [5.41, 5.74) is 8.11. The summed E-state index contributed by atoms with van der Waals surface area (Å²) >= 11 is 7.43. The van der Waals surface area contributed by atoms with Gasteiger partial charge >= 0.3 is 12.3 Å². The van der Waals surface area contributed by atoms with Crippen LogP contribution in [0.4, 0.5) is 27.1 Å². The molecule has 1 atom stereocenters. The molecule has 2 N–H and O–H groups in total. The molecule has 0 spiro atoms. The normalized spacial score (nSPS) is 12.2. The van der Waals surface area contributed by atoms with Crippen LogP contribution < -0.4 is 5.73 Å². The minimum atomic E-state index is -4.24. The number of nitrogen functional groups attached to an aromatic ring is 1. The maximum atomic E-state index is 14.2. The molecule has 3 nitrogen and oxygen atoms in total. The molecule has 2 aromatic carbocycles. The van der Waals surface area contributed by atoms with Gasteiger partial charge in [-0.15, -0.1) is 11.3 Å². The summed E-state index contributed by atoms with van der Waals surface area (Å²) in [6, 6.07) is 16.0. The van der Waals surface area contributed by atoms with Gasteiger partial charge in [0.1, 0.15) is 5.82 Å². The average molecular weight is 554 g/mol. The number of aryl methyl sites for hydroxylation is 2. The highest BCUT2D eigenvalue weighted by atomic mass is 35.5. The first-order valence-corrected chi connectivity index (χ1v) is 12.4. The van der Waals surface area contributed by atoms with E-state index >= 15 is 0 Å². The van der Waals surface area contributed by atoms with E-state index in [-0.39, 0.29) is 5.56 Å². The van der Waals surface area contributed by atoms with Gasteiger partial charge in [-0.05, 0) is 61.2 Å². The summed E-state index contributed by atoms with van der Waals surface area (Å²) < 4.78 is 66.4. The number of anilines is 1. The van der Waals surface area contributed by atoms with Gasteiger partial charge < -0.3 is 5.73 Å². The molecule has 1 unspecified atom stereocenters. The summed E-state index contributed by atoms with van der Waals surface area (Å²) in [6.45, 7) is 3.98. The molecule has 0 amide bonds. The van der Waals surface area contributed by atoms with Gasteiger partial charge in [-0.2, -0.15) is 8.78 Å². The van der Waals surface area contributed by atoms with Crippen molar-refractivity contribution in [1.82, 2.24) is 9.97 Å². The minimum Gasteiger partial charge on any atom is -0.375 e. The lowest BCUT2D eigenvalue weighted by molar-refractivity contribution is -0.127. The van der Waals surface area contributed by atoms with Gasteiger partial charge in [0, 0.05) is 29.1 Å². The zero-order valence-corrected chi connectivity index (χ0v) is 21.6. The fraction of sp³-hybridized carbons (Fsp3) is 0.259. The van der Waals surface area contributed by atoms with Crippen LogP contribution in [0.1, 0.15) is 38.9 Å². The zero-order chi connectivity index (χ0) is 27.2. The van der Waals surface area contributed by atoms with Crippen LogP contribution >= 0.6 is 22.9 Å². The zero-order valence-electron chi connectivity index (χ0n) is 20.1. The molecular weight excluding hydrogens is 529 g/mol. The van der Waals surface area contributed by atoms with E-state index in [1.54, 1.807) is 12.1 Å². The van der Waals surface area contributed by atoms with Crippen LogP contribution in [0.3, 0.4) is 0 Å². The third kappa shape index (κ3) is 8.23. The van der Waals surface area contributed by atoms with E-state index in [1.807, 2.05) is 44.2 Å². The number of pyridine rings is 1. The Labute approximate surface area is 221 Å². The number of halogens is 6. The van der Waals surface area contributed by atoms with Gasteiger partial charge in [-0.1, -0.05) is 48.0 Å². The Bertz CT molecular complexity index is 1280. The maximum absolute atomic E-state index is 14.2. The van der Waals surface area contributed by atoms with E-state index in [0.717, 1.165) is 17.3 Å². The summed E-state index contributed by atoms with van der Waals surface area (Å²) in [4.78, 5) is 9.51. The number of thiazole rings is 1. The molecule has 0 bridgehead atoms. The van der Waals surface area contributed by atoms with Gasteiger partial charge in [0.25, 0.3) is 0 Å². The van der Waals surface area contributed by atoms with Crippen LogP contribution in [-0.4, -0.2) is 22.3 Å². The first kappa shape index (κ1) is 28.5. The second kappa shape index (κ2) is 12.5. The van der Waals surface area contributed by atoms with Gasteiger partial charge in [0.15, 0.2) is 5.13 Å². The fourth-order valence-corrected chi connectivity index (χ4v) is 4.46. The van der Waals surface area contributed by atoms with E-state index in [4.69, 9.17) is 17.3 Å². The van der Waals surface area contributed by atoms with Crippen molar-refractivity contribution in [1.29, 1.82) is 0 Å². The van der Waals surface area contributed by atoms with E-state index in [1.165, 1.54) is 34.5 Å². The third-order valence-corrected chi connectivity index (χ3v) is 6.70. The SMILES string of the molecule is Cc1nc(N)sc1C.Fc1cc(CC(F)(F)C(F)F)cc(C(Cc2ccccc2)c2ccc(Cl)cn2)c1. The van der Waals surface area contributed by atoms with Crippen molar-refractivity contribution in [2.45, 2.75) is 45.0 Å². The molecule has 0 radical (unpaired) electrons. The smallest absolute Gasteiger partial charge is 0.311 e. The Morgan fingerprint density at radius 1 is 1.00 bits per heavy atom. The molecule has 4 aromatic rings. The molecule has 0 aliphatic rings. The highest BCUT2D eigenvalue weighted by Gasteiger charge is 2.40. The maximum Gasteiger partial charge on any atom is 0.311 e. The second-order valence-electron chi connectivity index (χ2n) is 8.47. The number of nitrogens with zero attached hydrogens (tertiary/aromatic N) is 2. The lowest BCUT2D eigenvalue weighted by Crippen LogP contribution is -2.29. The standard InChI is InChI=1S/C22H17ClF5N.C5H8N2S/c23-17-6-7-20(29-13-17)19(10-14-4-2-1-3-5-14)16-8-15(9-18(24)11-16)12-22(27,28)21(25)26;1-3-4(2)8-5(6)7-3/h1-9,11,13,19,21H,10,12H2;1-2H3,(H2,6,7). The number of nitrogens with two attached hydrogens (primary N) is 1. The van der Waals surface area contributed by atoms with Crippen LogP contribution in [-0.2, 0) is 12.8 Å². The van der Waals surface area contributed by atoms with Crippen LogP contribution in [0.2, 0.25) is 5.02 Å². The quantitative estimate of drug-likeness (QED) is 0.236. The van der Waals surface area contributed by atoms with Crippen molar-refractivity contribution in [3.05, 3.63) is 111 Å². The number of hydrogen-bond donors (Lipinski definition) is 1. The molecule has 196 valence electrons. The lowest BCUT2D eigenvalue weighted by atomic mass is 9.87. The Morgan fingerprint density at radius 2 is 1.70 bits per heavy atom. The molecule has 0 aliphatic carbocycles. The summed E-state index contributed by atoms with van der Waals surface area (Å²) in [7, 11) is 0. The Kier molecular flexibility index (Phi) is 9.62. The van der Waals surface area contributed by atoms with Crippen molar-refractivity contribution >= 4 is 28.1 Å². The molecule has 0 fully saturated rings. The lowest BCUT2D eigenvalue weighted by Gasteiger charge is -2.20. The molecule has 0 saturated heterocycles. The molecule has 0 saturated carbocycles. The number of aromatic nitrogens is 2. The topological polar surface area (TPSA) is 51.8 Å². The van der Waals surface area contributed by atoms with Gasteiger partial charge in [0.05, 0.1) is 10.7 Å². The van der Waals surface area contributed by atoms with Crippen molar-refractivity contribution in [2.24, 2.45) is 0 Å². The monoisotopic (exact) mass is 553 g/mol. The second-order valence-corrected chi connectivity index (χ2v) is 10.1. The number of hydrogen-bond acceptors (Lipinski definition) is 4. The molecule has 37 heavy (non-hydrogen) atoms. The largest absolute Gasteiger partial charge is 0.375 e. The van der Waals surface area contributed by atoms with E-state index in [0.29, 0.717) is 27.8 Å². The molecule has 2 heterocycles. The average Bonchev–Trinajstić information content (AvgIpc) is 3.13. The summed E-state index contributed by atoms with van der Waals surface area (Å²) in [5.74, 6) is -5.47. The molecule has 2 aromatic heterocycles. The van der Waals surface area contributed by atoms with Gasteiger partial charge in [0.2, 0.25) is 0 Å². The van der Waals surface area contributed by atoms with Crippen LogP contribution in [0.15, 0.2) is 66.9 Å². The molecule has 0 aliphatic heterocycles. The van der Waals surface area contributed by atoms with Crippen molar-refractivity contribution < 1.29 is 22.0 Å². The predicted molar refractivity (Wildman–Crippen MR) is 138 cm³/mol. The summed E-state index contributed by atoms with van der Waals surface area (Å²) in [6.07, 6.45) is -3.21. The number of rotatable bonds is 7. The number of benzene rings is 2. The van der Waals surface area contributed by atoms with Gasteiger partial charge in [-0.25, -0.2) is 18.2 Å². The predicted octanol–water partition coefficient (Wildman–Crippen LogP) is 8.03. The third-order valence-electron chi connectivity index (χ3n) is 5.58. The van der Waals surface area contributed by atoms with Crippen LogP contribution in [0.25, 0.3) is 0 Å². The first-order chi connectivity index (χ1) is 17.4. The Balaban J connectivity index is 0.000000405. The van der Waals surface area contributed by atoms with E-state index < -0.39 is 30.5 Å². The van der Waals surface area contributed by atoms with Crippen LogP contribution in [0.5, 0.6) is 0 Å². The Morgan fingerprint density at radius 3 is 2.22 bits per heavy atom. The highest BCUT2D eigenvalue weighted by Crippen LogP contribution is 2.32. The minimum absolute atomic E-state index is 0.197. The Hall–Kier alpha value is -3.04. The molecular formula is C27H25ClF5N3S. The van der Waals surface area contributed by atoms with E-state index in [2.05, 4.69) is 9.97 Å². The van der Waals surface area contributed by atoms with Crippen molar-refractivity contribution in [2.75, 3.05) is 5.73 Å². The number of alkyl halides is 4.